The van der Waals surface area contributed by atoms with Crippen molar-refractivity contribution in [3.63, 3.8) is 0 Å². The normalized spacial score (nSPS) is 14.6. The summed E-state index contributed by atoms with van der Waals surface area (Å²) >= 11 is 0. The third-order valence-electron chi connectivity index (χ3n) is 5.27. The molecule has 1 saturated carbocycles. The van der Waals surface area contributed by atoms with E-state index < -0.39 is 12.0 Å². The summed E-state index contributed by atoms with van der Waals surface area (Å²) in [6.45, 7) is 3.09. The van der Waals surface area contributed by atoms with E-state index in [1.165, 1.54) is 32.8 Å². The molecule has 158 valence electrons. The number of benzene rings is 2. The van der Waals surface area contributed by atoms with Gasteiger partial charge in [0.1, 0.15) is 11.5 Å². The van der Waals surface area contributed by atoms with Gasteiger partial charge >= 0.3 is 5.97 Å². The van der Waals surface area contributed by atoms with Crippen LogP contribution in [0.3, 0.4) is 0 Å². The Labute approximate surface area is 177 Å². The number of methoxy groups -OCH3 is 1. The summed E-state index contributed by atoms with van der Waals surface area (Å²) in [6.07, 6.45) is 4.92. The van der Waals surface area contributed by atoms with Crippen LogP contribution < -0.4 is 14.8 Å². The lowest BCUT2D eigenvalue weighted by Crippen LogP contribution is -2.22. The van der Waals surface area contributed by atoms with Crippen molar-refractivity contribution in [3.05, 3.63) is 53.6 Å². The molecule has 1 aliphatic rings. The Balaban J connectivity index is 1.85. The number of rotatable bonds is 9. The summed E-state index contributed by atoms with van der Waals surface area (Å²) in [5, 5.41) is 12.2. The molecule has 3 rings (SSSR count). The molecule has 0 saturated heterocycles. The molecule has 0 radical (unpaired) electrons. The molecule has 0 aliphatic heterocycles. The highest BCUT2D eigenvalue weighted by atomic mass is 16.5. The van der Waals surface area contributed by atoms with Crippen LogP contribution in [0.1, 0.15) is 49.8 Å². The zero-order chi connectivity index (χ0) is 21.3. The first kappa shape index (κ1) is 21.5. The van der Waals surface area contributed by atoms with Gasteiger partial charge in [-0.3, -0.25) is 0 Å². The number of hydrogen-bond donors (Lipinski definition) is 1. The van der Waals surface area contributed by atoms with E-state index in [2.05, 4.69) is 11.4 Å². The van der Waals surface area contributed by atoms with Gasteiger partial charge in [0.15, 0.2) is 6.04 Å². The number of carbonyl (C=O) groups excluding carboxylic acids is 1. The van der Waals surface area contributed by atoms with Crippen LogP contribution in [-0.4, -0.2) is 26.3 Å². The monoisotopic (exact) mass is 408 g/mol. The zero-order valence-electron chi connectivity index (χ0n) is 17.5. The fourth-order valence-corrected chi connectivity index (χ4v) is 3.69. The fraction of sp³-hybridized carbons (Fsp3) is 0.417. The molecule has 0 spiro atoms. The van der Waals surface area contributed by atoms with Crippen molar-refractivity contribution in [1.29, 1.82) is 5.26 Å². The summed E-state index contributed by atoms with van der Waals surface area (Å²) in [7, 11) is 1.36. The minimum absolute atomic E-state index is 0.422. The predicted molar refractivity (Wildman–Crippen MR) is 115 cm³/mol. The van der Waals surface area contributed by atoms with E-state index >= 15 is 0 Å². The Morgan fingerprint density at radius 1 is 1.13 bits per heavy atom. The molecular formula is C24H28N2O4. The van der Waals surface area contributed by atoms with Crippen molar-refractivity contribution < 1.29 is 19.0 Å². The smallest absolute Gasteiger partial charge is 0.332 e. The standard InChI is InChI=1S/C24H28N2O4/c1-3-29-21-12-19(13-22(14-21)30-16-18-6-4-5-7-18)23(24(27)28-2)26-20-10-8-17(15-25)9-11-20/h8-14,18,23,26H,3-7,16H2,1-2H3. The van der Waals surface area contributed by atoms with Crippen LogP contribution in [0, 0.1) is 17.2 Å². The fourth-order valence-electron chi connectivity index (χ4n) is 3.69. The SMILES string of the molecule is CCOc1cc(OCC2CCCC2)cc(C(Nc2ccc(C#N)cc2)C(=O)OC)c1. The summed E-state index contributed by atoms with van der Waals surface area (Å²) in [6, 6.07) is 13.8. The molecule has 0 heterocycles. The number of esters is 1. The molecule has 1 N–H and O–H groups in total. The van der Waals surface area contributed by atoms with Crippen LogP contribution in [0.5, 0.6) is 11.5 Å². The van der Waals surface area contributed by atoms with E-state index in [4.69, 9.17) is 19.5 Å². The number of anilines is 1. The molecule has 0 amide bonds. The number of hydrogen-bond acceptors (Lipinski definition) is 6. The molecule has 0 aromatic heterocycles. The van der Waals surface area contributed by atoms with E-state index in [0.717, 1.165) is 0 Å². The van der Waals surface area contributed by atoms with Gasteiger partial charge in [-0.1, -0.05) is 12.8 Å². The largest absolute Gasteiger partial charge is 0.494 e. The second kappa shape index (κ2) is 10.5. The summed E-state index contributed by atoms with van der Waals surface area (Å²) in [4.78, 5) is 12.6. The van der Waals surface area contributed by atoms with E-state index in [1.807, 2.05) is 25.1 Å². The summed E-state index contributed by atoms with van der Waals surface area (Å²) in [5.41, 5.74) is 1.95. The first-order chi connectivity index (χ1) is 14.6. The van der Waals surface area contributed by atoms with Crippen molar-refractivity contribution in [1.82, 2.24) is 0 Å². The third kappa shape index (κ3) is 5.66. The first-order valence-corrected chi connectivity index (χ1v) is 10.4. The highest BCUT2D eigenvalue weighted by molar-refractivity contribution is 5.81. The van der Waals surface area contributed by atoms with Crippen molar-refractivity contribution >= 4 is 11.7 Å². The van der Waals surface area contributed by atoms with Gasteiger partial charge < -0.3 is 19.5 Å². The Morgan fingerprint density at radius 2 is 1.80 bits per heavy atom. The second-order valence-electron chi connectivity index (χ2n) is 7.42. The lowest BCUT2D eigenvalue weighted by molar-refractivity contribution is -0.141. The minimum atomic E-state index is -0.739. The number of nitriles is 1. The number of ether oxygens (including phenoxy) is 3. The molecule has 6 nitrogen and oxygen atoms in total. The molecule has 1 fully saturated rings. The molecule has 30 heavy (non-hydrogen) atoms. The summed E-state index contributed by atoms with van der Waals surface area (Å²) < 4.78 is 16.8. The minimum Gasteiger partial charge on any atom is -0.494 e. The topological polar surface area (TPSA) is 80.6 Å². The van der Waals surface area contributed by atoms with Crippen LogP contribution in [0.2, 0.25) is 0 Å². The van der Waals surface area contributed by atoms with Gasteiger partial charge in [-0.05, 0) is 67.6 Å². The van der Waals surface area contributed by atoms with Gasteiger partial charge in [-0.15, -0.1) is 0 Å². The van der Waals surface area contributed by atoms with Gasteiger partial charge in [-0.2, -0.15) is 5.26 Å². The Kier molecular flexibility index (Phi) is 7.56. The molecule has 1 unspecified atom stereocenters. The summed E-state index contributed by atoms with van der Waals surface area (Å²) in [5.74, 6) is 1.48. The van der Waals surface area contributed by atoms with Crippen molar-refractivity contribution in [2.75, 3.05) is 25.6 Å². The van der Waals surface area contributed by atoms with Crippen LogP contribution in [0.15, 0.2) is 42.5 Å². The Morgan fingerprint density at radius 3 is 2.40 bits per heavy atom. The molecule has 6 heteroatoms. The van der Waals surface area contributed by atoms with Crippen molar-refractivity contribution in [3.8, 4) is 17.6 Å². The maximum atomic E-state index is 12.6. The van der Waals surface area contributed by atoms with Gasteiger partial charge in [0, 0.05) is 11.8 Å². The van der Waals surface area contributed by atoms with Gasteiger partial charge in [0.2, 0.25) is 0 Å². The highest BCUT2D eigenvalue weighted by Crippen LogP contribution is 2.31. The maximum Gasteiger partial charge on any atom is 0.332 e. The number of carbonyl (C=O) groups is 1. The molecule has 1 atom stereocenters. The van der Waals surface area contributed by atoms with Crippen molar-refractivity contribution in [2.45, 2.75) is 38.6 Å². The number of nitrogens with one attached hydrogen (secondary N) is 1. The first-order valence-electron chi connectivity index (χ1n) is 10.4. The quantitative estimate of drug-likeness (QED) is 0.597. The molecule has 2 aromatic carbocycles. The van der Waals surface area contributed by atoms with Gasteiger partial charge in [0.25, 0.3) is 0 Å². The second-order valence-corrected chi connectivity index (χ2v) is 7.42. The third-order valence-corrected chi connectivity index (χ3v) is 5.27. The van der Waals surface area contributed by atoms with Gasteiger partial charge in [0.05, 0.1) is 32.0 Å². The van der Waals surface area contributed by atoms with Crippen LogP contribution >= 0.6 is 0 Å². The van der Waals surface area contributed by atoms with Crippen LogP contribution in [0.25, 0.3) is 0 Å². The lowest BCUT2D eigenvalue weighted by atomic mass is 10.0. The molecular weight excluding hydrogens is 380 g/mol. The molecule has 0 bridgehead atoms. The Hall–Kier alpha value is -3.20. The maximum absolute atomic E-state index is 12.6. The van der Waals surface area contributed by atoms with E-state index in [9.17, 15) is 4.79 Å². The molecule has 2 aromatic rings. The lowest BCUT2D eigenvalue weighted by Gasteiger charge is -2.20. The van der Waals surface area contributed by atoms with Crippen LogP contribution in [-0.2, 0) is 9.53 Å². The average Bonchev–Trinajstić information content (AvgIpc) is 3.30. The average molecular weight is 408 g/mol. The highest BCUT2D eigenvalue weighted by Gasteiger charge is 2.24. The van der Waals surface area contributed by atoms with Crippen LogP contribution in [0.4, 0.5) is 5.69 Å². The Bertz CT molecular complexity index is 883. The van der Waals surface area contributed by atoms with E-state index in [1.54, 1.807) is 24.3 Å². The van der Waals surface area contributed by atoms with Gasteiger partial charge in [-0.25, -0.2) is 4.79 Å². The van der Waals surface area contributed by atoms with E-state index in [0.29, 0.717) is 47.4 Å². The zero-order valence-corrected chi connectivity index (χ0v) is 17.5. The number of nitrogens with zero attached hydrogens (tertiary/aromatic N) is 1. The van der Waals surface area contributed by atoms with Crippen molar-refractivity contribution in [2.24, 2.45) is 5.92 Å². The van der Waals surface area contributed by atoms with E-state index in [-0.39, 0.29) is 0 Å². The predicted octanol–water partition coefficient (Wildman–Crippen LogP) is 4.85. The molecule has 1 aliphatic carbocycles.